The Morgan fingerprint density at radius 1 is 1.32 bits per heavy atom. The highest BCUT2D eigenvalue weighted by Crippen LogP contribution is 2.33. The van der Waals surface area contributed by atoms with Gasteiger partial charge in [-0.3, -0.25) is 9.78 Å². The molecular formula is C18H15ClFN3O2. The maximum absolute atomic E-state index is 14.2. The summed E-state index contributed by atoms with van der Waals surface area (Å²) in [5, 5.41) is 6.78. The van der Waals surface area contributed by atoms with Gasteiger partial charge in [0.1, 0.15) is 22.8 Å². The van der Waals surface area contributed by atoms with Gasteiger partial charge in [0.15, 0.2) is 0 Å². The van der Waals surface area contributed by atoms with Crippen molar-refractivity contribution in [2.45, 2.75) is 13.3 Å². The van der Waals surface area contributed by atoms with Crippen molar-refractivity contribution in [3.8, 4) is 11.3 Å². The topological polar surface area (TPSA) is 68.0 Å². The number of pyridine rings is 1. The van der Waals surface area contributed by atoms with E-state index >= 15 is 0 Å². The van der Waals surface area contributed by atoms with Gasteiger partial charge in [-0.15, -0.1) is 0 Å². The van der Waals surface area contributed by atoms with Crippen LogP contribution in [0.3, 0.4) is 0 Å². The SMILES string of the molecule is Cc1onc(-c2c(F)cccc2Cl)c1C(=O)NCCc1cccnc1. The largest absolute Gasteiger partial charge is 0.360 e. The van der Waals surface area contributed by atoms with Crippen molar-refractivity contribution in [2.75, 3.05) is 6.54 Å². The summed E-state index contributed by atoms with van der Waals surface area (Å²) < 4.78 is 19.3. The average molecular weight is 360 g/mol. The van der Waals surface area contributed by atoms with Gasteiger partial charge in [-0.1, -0.05) is 28.9 Å². The van der Waals surface area contributed by atoms with E-state index in [4.69, 9.17) is 16.1 Å². The highest BCUT2D eigenvalue weighted by Gasteiger charge is 2.25. The predicted molar refractivity (Wildman–Crippen MR) is 91.9 cm³/mol. The first kappa shape index (κ1) is 17.1. The number of aryl methyl sites for hydroxylation is 1. The predicted octanol–water partition coefficient (Wildman–Crippen LogP) is 3.81. The number of hydrogen-bond acceptors (Lipinski definition) is 4. The molecule has 3 rings (SSSR count). The zero-order chi connectivity index (χ0) is 17.8. The Balaban J connectivity index is 1.81. The molecule has 2 aromatic heterocycles. The number of nitrogens with one attached hydrogen (secondary N) is 1. The van der Waals surface area contributed by atoms with Gasteiger partial charge in [0.25, 0.3) is 5.91 Å². The summed E-state index contributed by atoms with van der Waals surface area (Å²) >= 11 is 6.07. The van der Waals surface area contributed by atoms with Crippen molar-refractivity contribution in [3.63, 3.8) is 0 Å². The summed E-state index contributed by atoms with van der Waals surface area (Å²) in [6.07, 6.45) is 4.05. The minimum absolute atomic E-state index is 0.0541. The number of carbonyl (C=O) groups excluding carboxylic acids is 1. The molecule has 0 aliphatic heterocycles. The van der Waals surface area contributed by atoms with Gasteiger partial charge in [-0.25, -0.2) is 4.39 Å². The van der Waals surface area contributed by atoms with Crippen LogP contribution in [0, 0.1) is 12.7 Å². The Morgan fingerprint density at radius 2 is 2.16 bits per heavy atom. The lowest BCUT2D eigenvalue weighted by Crippen LogP contribution is -2.26. The van der Waals surface area contributed by atoms with Gasteiger partial charge >= 0.3 is 0 Å². The lowest BCUT2D eigenvalue weighted by Gasteiger charge is -2.07. The third-order valence-corrected chi connectivity index (χ3v) is 4.03. The van der Waals surface area contributed by atoms with Crippen LogP contribution in [0.25, 0.3) is 11.3 Å². The molecule has 0 bridgehead atoms. The van der Waals surface area contributed by atoms with Crippen molar-refractivity contribution < 1.29 is 13.7 Å². The second-order valence-corrected chi connectivity index (χ2v) is 5.83. The van der Waals surface area contributed by atoms with Crippen molar-refractivity contribution in [3.05, 3.63) is 70.5 Å². The maximum atomic E-state index is 14.2. The molecular weight excluding hydrogens is 345 g/mol. The van der Waals surface area contributed by atoms with E-state index in [1.165, 1.54) is 18.2 Å². The third-order valence-electron chi connectivity index (χ3n) is 3.71. The van der Waals surface area contributed by atoms with Crippen LogP contribution in [0.15, 0.2) is 47.2 Å². The summed E-state index contributed by atoms with van der Waals surface area (Å²) in [7, 11) is 0. The molecule has 1 N–H and O–H groups in total. The molecule has 0 radical (unpaired) electrons. The first-order valence-electron chi connectivity index (χ1n) is 7.65. The number of hydrogen-bond donors (Lipinski definition) is 1. The van der Waals surface area contributed by atoms with E-state index in [1.807, 2.05) is 12.1 Å². The average Bonchev–Trinajstić information content (AvgIpc) is 2.97. The lowest BCUT2D eigenvalue weighted by atomic mass is 10.0. The minimum Gasteiger partial charge on any atom is -0.360 e. The molecule has 0 atom stereocenters. The molecule has 1 aromatic carbocycles. The third kappa shape index (κ3) is 3.69. The molecule has 0 fully saturated rings. The van der Waals surface area contributed by atoms with Crippen molar-refractivity contribution in [1.29, 1.82) is 0 Å². The summed E-state index contributed by atoms with van der Waals surface area (Å²) in [6.45, 7) is 2.00. The van der Waals surface area contributed by atoms with E-state index in [-0.39, 0.29) is 21.8 Å². The molecule has 128 valence electrons. The fourth-order valence-corrected chi connectivity index (χ4v) is 2.74. The van der Waals surface area contributed by atoms with Crippen molar-refractivity contribution >= 4 is 17.5 Å². The summed E-state index contributed by atoms with van der Waals surface area (Å²) in [5.74, 6) is -0.657. The monoisotopic (exact) mass is 359 g/mol. The van der Waals surface area contributed by atoms with Gasteiger partial charge in [0.2, 0.25) is 0 Å². The number of halogens is 2. The Kier molecular flexibility index (Phi) is 5.09. The van der Waals surface area contributed by atoms with Crippen LogP contribution < -0.4 is 5.32 Å². The minimum atomic E-state index is -0.565. The van der Waals surface area contributed by atoms with Crippen LogP contribution in [0.2, 0.25) is 5.02 Å². The molecule has 0 spiro atoms. The molecule has 3 aromatic rings. The van der Waals surface area contributed by atoms with Gasteiger partial charge in [0.05, 0.1) is 10.6 Å². The summed E-state index contributed by atoms with van der Waals surface area (Å²) in [5.41, 5.74) is 1.33. The van der Waals surface area contributed by atoms with Gasteiger partial charge < -0.3 is 9.84 Å². The highest BCUT2D eigenvalue weighted by molar-refractivity contribution is 6.33. The second kappa shape index (κ2) is 7.44. The van der Waals surface area contributed by atoms with Crippen LogP contribution in [0.1, 0.15) is 21.7 Å². The number of carbonyl (C=O) groups is 1. The summed E-state index contributed by atoms with van der Waals surface area (Å²) in [4.78, 5) is 16.6. The van der Waals surface area contributed by atoms with Crippen molar-refractivity contribution in [2.24, 2.45) is 0 Å². The first-order valence-corrected chi connectivity index (χ1v) is 8.03. The standard InChI is InChI=1S/C18H15ClFN3O2/c1-11-15(18(24)22-9-7-12-4-3-8-21-10-12)17(23-25-11)16-13(19)5-2-6-14(16)20/h2-6,8,10H,7,9H2,1H3,(H,22,24). The smallest absolute Gasteiger partial charge is 0.257 e. The molecule has 0 saturated carbocycles. The van der Waals surface area contributed by atoms with Gasteiger partial charge in [0, 0.05) is 18.9 Å². The molecule has 7 heteroatoms. The van der Waals surface area contributed by atoms with Crippen LogP contribution in [0.5, 0.6) is 0 Å². The highest BCUT2D eigenvalue weighted by atomic mass is 35.5. The van der Waals surface area contributed by atoms with Crippen LogP contribution >= 0.6 is 11.6 Å². The molecule has 0 aliphatic rings. The molecule has 0 unspecified atom stereocenters. The number of rotatable bonds is 5. The van der Waals surface area contributed by atoms with E-state index < -0.39 is 11.7 Å². The zero-order valence-corrected chi connectivity index (χ0v) is 14.2. The molecule has 5 nitrogen and oxygen atoms in total. The fraction of sp³-hybridized carbons (Fsp3) is 0.167. The molecule has 1 amide bonds. The Bertz CT molecular complexity index is 876. The second-order valence-electron chi connectivity index (χ2n) is 5.43. The van der Waals surface area contributed by atoms with E-state index in [9.17, 15) is 9.18 Å². The van der Waals surface area contributed by atoms with E-state index in [0.29, 0.717) is 18.7 Å². The summed E-state index contributed by atoms with van der Waals surface area (Å²) in [6, 6.07) is 8.04. The zero-order valence-electron chi connectivity index (χ0n) is 13.4. The van der Waals surface area contributed by atoms with Crippen molar-refractivity contribution in [1.82, 2.24) is 15.5 Å². The van der Waals surface area contributed by atoms with E-state index in [1.54, 1.807) is 19.3 Å². The van der Waals surface area contributed by atoms with Gasteiger partial charge in [-0.2, -0.15) is 0 Å². The number of aromatic nitrogens is 2. The Morgan fingerprint density at radius 3 is 2.88 bits per heavy atom. The molecule has 0 saturated heterocycles. The molecule has 25 heavy (non-hydrogen) atoms. The number of benzene rings is 1. The fourth-order valence-electron chi connectivity index (χ4n) is 2.49. The molecule has 2 heterocycles. The van der Waals surface area contributed by atoms with Gasteiger partial charge in [-0.05, 0) is 37.1 Å². The van der Waals surface area contributed by atoms with E-state index in [0.717, 1.165) is 5.56 Å². The Hall–Kier alpha value is -2.73. The van der Waals surface area contributed by atoms with Crippen LogP contribution in [-0.2, 0) is 6.42 Å². The molecule has 0 aliphatic carbocycles. The number of nitrogens with zero attached hydrogens (tertiary/aromatic N) is 2. The normalized spacial score (nSPS) is 10.7. The first-order chi connectivity index (χ1) is 12.1. The number of amides is 1. The van der Waals surface area contributed by atoms with Crippen LogP contribution in [0.4, 0.5) is 4.39 Å². The Labute approximate surface area is 148 Å². The van der Waals surface area contributed by atoms with Crippen LogP contribution in [-0.4, -0.2) is 22.6 Å². The lowest BCUT2D eigenvalue weighted by molar-refractivity contribution is 0.0953. The van der Waals surface area contributed by atoms with E-state index in [2.05, 4.69) is 15.5 Å². The quantitative estimate of drug-likeness (QED) is 0.752. The maximum Gasteiger partial charge on any atom is 0.257 e.